The number of anilines is 1. The molecule has 0 bridgehead atoms. The highest BCUT2D eigenvalue weighted by Gasteiger charge is 2.24. The maximum atomic E-state index is 13.9. The zero-order valence-electron chi connectivity index (χ0n) is 15.9. The second-order valence-electron chi connectivity index (χ2n) is 6.52. The lowest BCUT2D eigenvalue weighted by molar-refractivity contribution is 0.248. The average Bonchev–Trinajstić information content (AvgIpc) is 3.25. The molecule has 0 saturated heterocycles. The first-order valence-corrected chi connectivity index (χ1v) is 9.54. The fourth-order valence-electron chi connectivity index (χ4n) is 2.87. The summed E-state index contributed by atoms with van der Waals surface area (Å²) in [5, 5.41) is 13.7. The summed E-state index contributed by atoms with van der Waals surface area (Å²) in [6.07, 6.45) is 0. The van der Waals surface area contributed by atoms with E-state index in [1.807, 2.05) is 6.07 Å². The molecule has 0 saturated carbocycles. The summed E-state index contributed by atoms with van der Waals surface area (Å²) in [6, 6.07) is 17.1. The first kappa shape index (κ1) is 20.5. The van der Waals surface area contributed by atoms with Crippen LogP contribution in [0.5, 0.6) is 0 Å². The van der Waals surface area contributed by atoms with Crippen molar-refractivity contribution in [3.8, 4) is 11.5 Å². The molecule has 0 aliphatic rings. The molecule has 31 heavy (non-hydrogen) atoms. The molecule has 156 valence electrons. The van der Waals surface area contributed by atoms with Gasteiger partial charge in [-0.3, -0.25) is 0 Å². The van der Waals surface area contributed by atoms with Gasteiger partial charge in [-0.15, -0.1) is 10.2 Å². The number of rotatable bonds is 5. The van der Waals surface area contributed by atoms with E-state index in [1.54, 1.807) is 48.5 Å². The number of hydrogen-bond acceptors (Lipinski definition) is 4. The van der Waals surface area contributed by atoms with Crippen LogP contribution in [-0.2, 0) is 0 Å². The Morgan fingerprint density at radius 3 is 2.42 bits per heavy atom. The highest BCUT2D eigenvalue weighted by molar-refractivity contribution is 6.30. The van der Waals surface area contributed by atoms with E-state index >= 15 is 0 Å². The maximum absolute atomic E-state index is 13.9. The first-order valence-electron chi connectivity index (χ1n) is 9.16. The highest BCUT2D eigenvalue weighted by atomic mass is 35.5. The van der Waals surface area contributed by atoms with Gasteiger partial charge in [0.15, 0.2) is 0 Å². The van der Waals surface area contributed by atoms with Gasteiger partial charge in [-0.05, 0) is 42.0 Å². The number of carbonyl (C=O) groups excluding carboxylic acids is 1. The first-order chi connectivity index (χ1) is 15.0. The van der Waals surface area contributed by atoms with Gasteiger partial charge in [0.25, 0.3) is 0 Å². The number of nitrogens with zero attached hydrogens (tertiary/aromatic N) is 2. The quantitative estimate of drug-likeness (QED) is 0.424. The number of aromatic nitrogens is 2. The predicted octanol–water partition coefficient (Wildman–Crippen LogP) is 5.58. The summed E-state index contributed by atoms with van der Waals surface area (Å²) in [5.74, 6) is -1.26. The molecule has 9 heteroatoms. The largest absolute Gasteiger partial charge is 0.418 e. The Morgan fingerprint density at radius 1 is 0.968 bits per heavy atom. The molecule has 0 spiro atoms. The van der Waals surface area contributed by atoms with E-state index in [-0.39, 0.29) is 17.5 Å². The van der Waals surface area contributed by atoms with E-state index in [0.717, 1.165) is 12.1 Å². The van der Waals surface area contributed by atoms with Crippen LogP contribution in [-0.4, -0.2) is 16.2 Å². The lowest BCUT2D eigenvalue weighted by Crippen LogP contribution is -2.33. The minimum absolute atomic E-state index is 0.130. The van der Waals surface area contributed by atoms with Gasteiger partial charge in [0.05, 0.1) is 5.69 Å². The van der Waals surface area contributed by atoms with Crippen molar-refractivity contribution in [1.82, 2.24) is 15.5 Å². The highest BCUT2D eigenvalue weighted by Crippen LogP contribution is 2.26. The zero-order chi connectivity index (χ0) is 21.8. The van der Waals surface area contributed by atoms with Crippen molar-refractivity contribution in [2.45, 2.75) is 6.04 Å². The summed E-state index contributed by atoms with van der Waals surface area (Å²) in [4.78, 5) is 12.5. The van der Waals surface area contributed by atoms with E-state index < -0.39 is 23.7 Å². The summed E-state index contributed by atoms with van der Waals surface area (Å²) >= 11 is 5.91. The molecule has 0 aliphatic carbocycles. The second kappa shape index (κ2) is 8.93. The van der Waals surface area contributed by atoms with Crippen molar-refractivity contribution < 1.29 is 18.0 Å². The van der Waals surface area contributed by atoms with Crippen LogP contribution in [0, 0.1) is 11.6 Å². The topological polar surface area (TPSA) is 80.0 Å². The van der Waals surface area contributed by atoms with Gasteiger partial charge < -0.3 is 15.1 Å². The van der Waals surface area contributed by atoms with Gasteiger partial charge in [-0.2, -0.15) is 0 Å². The van der Waals surface area contributed by atoms with Crippen molar-refractivity contribution in [3.05, 3.63) is 101 Å². The molecule has 0 aliphatic heterocycles. The molecule has 0 unspecified atom stereocenters. The normalized spacial score (nSPS) is 11.7. The molecule has 4 aromatic rings. The third-order valence-corrected chi connectivity index (χ3v) is 4.62. The lowest BCUT2D eigenvalue weighted by atomic mass is 10.1. The number of benzene rings is 3. The van der Waals surface area contributed by atoms with Crippen LogP contribution < -0.4 is 10.6 Å². The van der Waals surface area contributed by atoms with Crippen molar-refractivity contribution in [2.75, 3.05) is 5.32 Å². The summed E-state index contributed by atoms with van der Waals surface area (Å²) in [5.41, 5.74) is 1.16. The number of halogens is 3. The Balaban J connectivity index is 1.59. The van der Waals surface area contributed by atoms with Crippen molar-refractivity contribution >= 4 is 23.3 Å². The van der Waals surface area contributed by atoms with Crippen molar-refractivity contribution in [1.29, 1.82) is 0 Å². The molecule has 1 heterocycles. The van der Waals surface area contributed by atoms with Gasteiger partial charge in [-0.25, -0.2) is 13.6 Å². The number of hydrogen-bond donors (Lipinski definition) is 2. The Bertz CT molecular complexity index is 1200. The van der Waals surface area contributed by atoms with Gasteiger partial charge >= 0.3 is 6.03 Å². The molecule has 1 atom stereocenters. The van der Waals surface area contributed by atoms with Crippen LogP contribution in [0.4, 0.5) is 19.3 Å². The minimum atomic E-state index is -0.894. The lowest BCUT2D eigenvalue weighted by Gasteiger charge is -2.16. The third kappa shape index (κ3) is 4.87. The molecule has 4 rings (SSSR count). The smallest absolute Gasteiger partial charge is 0.320 e. The van der Waals surface area contributed by atoms with Gasteiger partial charge in [0.1, 0.15) is 17.7 Å². The van der Waals surface area contributed by atoms with Crippen LogP contribution in [0.25, 0.3) is 11.5 Å². The predicted molar refractivity (Wildman–Crippen MR) is 112 cm³/mol. The van der Waals surface area contributed by atoms with Crippen LogP contribution >= 0.6 is 11.6 Å². The zero-order valence-corrected chi connectivity index (χ0v) is 16.6. The van der Waals surface area contributed by atoms with Crippen LogP contribution in [0.15, 0.2) is 77.2 Å². The summed E-state index contributed by atoms with van der Waals surface area (Å²) in [6.45, 7) is 0. The number of urea groups is 1. The van der Waals surface area contributed by atoms with Gasteiger partial charge in [0.2, 0.25) is 11.8 Å². The van der Waals surface area contributed by atoms with Crippen LogP contribution in [0.3, 0.4) is 0 Å². The Labute approximate surface area is 180 Å². The van der Waals surface area contributed by atoms with E-state index in [0.29, 0.717) is 22.2 Å². The molecule has 2 amide bonds. The number of carbonyl (C=O) groups is 1. The van der Waals surface area contributed by atoms with E-state index in [4.69, 9.17) is 16.0 Å². The van der Waals surface area contributed by atoms with Crippen LogP contribution in [0.2, 0.25) is 5.02 Å². The molecule has 6 nitrogen and oxygen atoms in total. The SMILES string of the molecule is O=C(Nc1ccc(F)cc1F)N[C@H](c1ccccc1)c1nnc(-c2ccc(Cl)cc2)o1. The van der Waals surface area contributed by atoms with E-state index in [9.17, 15) is 13.6 Å². The van der Waals surface area contributed by atoms with Gasteiger partial charge in [0, 0.05) is 16.7 Å². The minimum Gasteiger partial charge on any atom is -0.418 e. The molecule has 3 aromatic carbocycles. The molecular formula is C22H15ClF2N4O2. The molecular weight excluding hydrogens is 426 g/mol. The van der Waals surface area contributed by atoms with Crippen LogP contribution in [0.1, 0.15) is 17.5 Å². The fraction of sp³-hybridized carbons (Fsp3) is 0.0455. The molecule has 2 N–H and O–H groups in total. The third-order valence-electron chi connectivity index (χ3n) is 4.37. The summed E-state index contributed by atoms with van der Waals surface area (Å²) in [7, 11) is 0. The molecule has 0 radical (unpaired) electrons. The monoisotopic (exact) mass is 440 g/mol. The second-order valence-corrected chi connectivity index (χ2v) is 6.96. The van der Waals surface area contributed by atoms with Crippen molar-refractivity contribution in [2.24, 2.45) is 0 Å². The average molecular weight is 441 g/mol. The summed E-state index contributed by atoms with van der Waals surface area (Å²) < 4.78 is 32.8. The van der Waals surface area contributed by atoms with E-state index in [1.165, 1.54) is 0 Å². The Kier molecular flexibility index (Phi) is 5.90. The number of nitrogens with one attached hydrogen (secondary N) is 2. The van der Waals surface area contributed by atoms with Crippen molar-refractivity contribution in [3.63, 3.8) is 0 Å². The Hall–Kier alpha value is -3.78. The maximum Gasteiger partial charge on any atom is 0.320 e. The van der Waals surface area contributed by atoms with E-state index in [2.05, 4.69) is 20.8 Å². The molecule has 1 aromatic heterocycles. The standard InChI is InChI=1S/C22H15ClF2N4O2/c23-15-8-6-14(7-9-15)20-28-29-21(31-20)19(13-4-2-1-3-5-13)27-22(30)26-18-11-10-16(24)12-17(18)25/h1-12,19H,(H2,26,27,30)/t19-/m1/s1. The Morgan fingerprint density at radius 2 is 1.71 bits per heavy atom. The molecule has 0 fully saturated rings. The van der Waals surface area contributed by atoms with Gasteiger partial charge in [-0.1, -0.05) is 41.9 Å². The number of amides is 2. The fourth-order valence-corrected chi connectivity index (χ4v) is 3.00.